The van der Waals surface area contributed by atoms with Gasteiger partial charge in [-0.25, -0.2) is 4.39 Å². The molecule has 1 aliphatic rings. The highest BCUT2D eigenvalue weighted by molar-refractivity contribution is 5.33. The van der Waals surface area contributed by atoms with Gasteiger partial charge in [-0.15, -0.1) is 0 Å². The molecule has 0 aliphatic carbocycles. The van der Waals surface area contributed by atoms with Gasteiger partial charge in [-0.1, -0.05) is 6.07 Å². The Kier molecular flexibility index (Phi) is 4.72. The van der Waals surface area contributed by atoms with Gasteiger partial charge >= 0.3 is 0 Å². The molecule has 2 rings (SSSR count). The van der Waals surface area contributed by atoms with Gasteiger partial charge in [0.05, 0.1) is 13.2 Å². The quantitative estimate of drug-likeness (QED) is 0.901. The molecule has 1 saturated heterocycles. The van der Waals surface area contributed by atoms with Gasteiger partial charge in [0, 0.05) is 19.6 Å². The van der Waals surface area contributed by atoms with Crippen molar-refractivity contribution >= 4 is 0 Å². The number of hydrogen-bond donors (Lipinski definition) is 1. The van der Waals surface area contributed by atoms with E-state index in [1.165, 1.54) is 13.2 Å². The number of nitrogens with zero attached hydrogens (tertiary/aromatic N) is 2. The van der Waals surface area contributed by atoms with Crippen molar-refractivity contribution < 1.29 is 9.13 Å². The highest BCUT2D eigenvalue weighted by Gasteiger charge is 2.22. The van der Waals surface area contributed by atoms with E-state index in [2.05, 4.69) is 16.3 Å². The molecule has 5 heteroatoms. The summed E-state index contributed by atoms with van der Waals surface area (Å²) in [7, 11) is 1.43. The van der Waals surface area contributed by atoms with Crippen LogP contribution in [0.4, 0.5) is 4.39 Å². The minimum Gasteiger partial charge on any atom is -0.494 e. The Morgan fingerprint density at radius 3 is 2.95 bits per heavy atom. The first kappa shape index (κ1) is 13.8. The van der Waals surface area contributed by atoms with Crippen LogP contribution in [-0.4, -0.2) is 38.2 Å². The lowest BCUT2D eigenvalue weighted by Gasteiger charge is -2.25. The fourth-order valence-electron chi connectivity index (χ4n) is 2.34. The van der Waals surface area contributed by atoms with E-state index >= 15 is 0 Å². The van der Waals surface area contributed by atoms with Crippen LogP contribution >= 0.6 is 0 Å². The summed E-state index contributed by atoms with van der Waals surface area (Å²) < 4.78 is 18.6. The molecule has 0 saturated carbocycles. The lowest BCUT2D eigenvalue weighted by molar-refractivity contribution is 0.252. The second-order valence-electron chi connectivity index (χ2n) is 4.57. The number of halogens is 1. The summed E-state index contributed by atoms with van der Waals surface area (Å²) in [5, 5.41) is 12.7. The highest BCUT2D eigenvalue weighted by atomic mass is 19.1. The Morgan fingerprint density at radius 1 is 1.42 bits per heavy atom. The van der Waals surface area contributed by atoms with E-state index in [4.69, 9.17) is 4.74 Å². The third kappa shape index (κ3) is 3.22. The molecule has 1 aliphatic heterocycles. The number of rotatable bonds is 3. The Hall–Kier alpha value is -1.64. The molecule has 1 atom stereocenters. The SMILES string of the molecule is COc1ccc(C(C#N)N2CCCNCC2)cc1F. The highest BCUT2D eigenvalue weighted by Crippen LogP contribution is 2.25. The lowest BCUT2D eigenvalue weighted by atomic mass is 10.1. The predicted molar refractivity (Wildman–Crippen MR) is 70.4 cm³/mol. The molecule has 0 amide bonds. The van der Waals surface area contributed by atoms with E-state index in [9.17, 15) is 9.65 Å². The summed E-state index contributed by atoms with van der Waals surface area (Å²) >= 11 is 0. The maximum Gasteiger partial charge on any atom is 0.165 e. The fraction of sp³-hybridized carbons (Fsp3) is 0.500. The van der Waals surface area contributed by atoms with Crippen molar-refractivity contribution in [1.82, 2.24) is 10.2 Å². The van der Waals surface area contributed by atoms with Crippen LogP contribution in [0.25, 0.3) is 0 Å². The Bertz CT molecular complexity index is 464. The van der Waals surface area contributed by atoms with Crippen molar-refractivity contribution in [2.75, 3.05) is 33.3 Å². The normalized spacial score (nSPS) is 18.4. The van der Waals surface area contributed by atoms with Gasteiger partial charge < -0.3 is 10.1 Å². The number of benzene rings is 1. The maximum atomic E-state index is 13.7. The first-order valence-corrected chi connectivity index (χ1v) is 6.44. The molecule has 0 spiro atoms. The second-order valence-corrected chi connectivity index (χ2v) is 4.57. The topological polar surface area (TPSA) is 48.3 Å². The van der Waals surface area contributed by atoms with Gasteiger partial charge in [-0.3, -0.25) is 4.90 Å². The van der Waals surface area contributed by atoms with Crippen molar-refractivity contribution in [1.29, 1.82) is 5.26 Å². The molecule has 4 nitrogen and oxygen atoms in total. The molecule has 1 aromatic carbocycles. The molecule has 19 heavy (non-hydrogen) atoms. The smallest absolute Gasteiger partial charge is 0.165 e. The fourth-order valence-corrected chi connectivity index (χ4v) is 2.34. The lowest BCUT2D eigenvalue weighted by Crippen LogP contribution is -2.31. The number of ether oxygens (including phenoxy) is 1. The predicted octanol–water partition coefficient (Wildman–Crippen LogP) is 1.69. The van der Waals surface area contributed by atoms with Crippen LogP contribution in [0.3, 0.4) is 0 Å². The third-order valence-electron chi connectivity index (χ3n) is 3.35. The summed E-state index contributed by atoms with van der Waals surface area (Å²) in [6.07, 6.45) is 0.997. The molecule has 1 N–H and O–H groups in total. The van der Waals surface area contributed by atoms with Crippen LogP contribution < -0.4 is 10.1 Å². The molecule has 0 aromatic heterocycles. The van der Waals surface area contributed by atoms with Crippen molar-refractivity contribution in [2.24, 2.45) is 0 Å². The molecule has 1 fully saturated rings. The number of nitrogens with one attached hydrogen (secondary N) is 1. The number of nitriles is 1. The molecule has 0 radical (unpaired) electrons. The Morgan fingerprint density at radius 2 is 2.26 bits per heavy atom. The number of hydrogen-bond acceptors (Lipinski definition) is 4. The van der Waals surface area contributed by atoms with Crippen LogP contribution in [0.2, 0.25) is 0 Å². The molecular weight excluding hydrogens is 245 g/mol. The summed E-state index contributed by atoms with van der Waals surface area (Å²) in [6, 6.07) is 6.60. The van der Waals surface area contributed by atoms with E-state index in [1.807, 2.05) is 0 Å². The summed E-state index contributed by atoms with van der Waals surface area (Å²) in [5.74, 6) is -0.217. The first-order valence-electron chi connectivity index (χ1n) is 6.44. The van der Waals surface area contributed by atoms with Gasteiger partial charge in [0.15, 0.2) is 11.6 Å². The standard InChI is InChI=1S/C14H18FN3O/c1-19-14-4-3-11(9-12(14)15)13(10-16)18-7-2-5-17-6-8-18/h3-4,9,13,17H,2,5-8H2,1H3. The van der Waals surface area contributed by atoms with Crippen LogP contribution in [-0.2, 0) is 0 Å². The number of methoxy groups -OCH3 is 1. The maximum absolute atomic E-state index is 13.7. The van der Waals surface area contributed by atoms with Gasteiger partial charge in [-0.05, 0) is 30.7 Å². The second kappa shape index (κ2) is 6.50. The minimum atomic E-state index is -0.423. The molecular formula is C14H18FN3O. The van der Waals surface area contributed by atoms with Crippen molar-refractivity contribution in [2.45, 2.75) is 12.5 Å². The van der Waals surface area contributed by atoms with E-state index in [-0.39, 0.29) is 5.75 Å². The Balaban J connectivity index is 2.21. The van der Waals surface area contributed by atoms with E-state index < -0.39 is 11.9 Å². The average Bonchev–Trinajstić information content (AvgIpc) is 2.69. The summed E-state index contributed by atoms with van der Waals surface area (Å²) in [5.41, 5.74) is 0.683. The van der Waals surface area contributed by atoms with E-state index in [1.54, 1.807) is 12.1 Å². The zero-order valence-corrected chi connectivity index (χ0v) is 11.0. The zero-order chi connectivity index (χ0) is 13.7. The monoisotopic (exact) mass is 263 g/mol. The van der Waals surface area contributed by atoms with Gasteiger partial charge in [0.1, 0.15) is 6.04 Å². The summed E-state index contributed by atoms with van der Waals surface area (Å²) in [6.45, 7) is 3.47. The Labute approximate surface area is 112 Å². The van der Waals surface area contributed by atoms with Crippen LogP contribution in [0.15, 0.2) is 18.2 Å². The van der Waals surface area contributed by atoms with Crippen LogP contribution in [0.5, 0.6) is 5.75 Å². The first-order chi connectivity index (χ1) is 9.26. The van der Waals surface area contributed by atoms with Crippen LogP contribution in [0.1, 0.15) is 18.0 Å². The largest absolute Gasteiger partial charge is 0.494 e. The minimum absolute atomic E-state index is 0.206. The molecule has 102 valence electrons. The summed E-state index contributed by atoms with van der Waals surface area (Å²) in [4.78, 5) is 2.08. The molecule has 1 aromatic rings. The average molecular weight is 263 g/mol. The zero-order valence-electron chi connectivity index (χ0n) is 11.0. The van der Waals surface area contributed by atoms with Gasteiger partial charge in [0.2, 0.25) is 0 Å². The third-order valence-corrected chi connectivity index (χ3v) is 3.35. The molecule has 1 heterocycles. The van der Waals surface area contributed by atoms with Crippen molar-refractivity contribution in [3.63, 3.8) is 0 Å². The molecule has 1 unspecified atom stereocenters. The van der Waals surface area contributed by atoms with Gasteiger partial charge in [-0.2, -0.15) is 5.26 Å². The van der Waals surface area contributed by atoms with Crippen molar-refractivity contribution in [3.8, 4) is 11.8 Å². The van der Waals surface area contributed by atoms with Crippen molar-refractivity contribution in [3.05, 3.63) is 29.6 Å². The molecule has 0 bridgehead atoms. The van der Waals surface area contributed by atoms with E-state index in [0.717, 1.165) is 32.6 Å². The van der Waals surface area contributed by atoms with E-state index in [0.29, 0.717) is 5.56 Å². The van der Waals surface area contributed by atoms with Crippen LogP contribution in [0, 0.1) is 17.1 Å². The van der Waals surface area contributed by atoms with Gasteiger partial charge in [0.25, 0.3) is 0 Å².